The number of aromatic nitrogens is 3. The van der Waals surface area contributed by atoms with Gasteiger partial charge in [-0.05, 0) is 24.6 Å². The summed E-state index contributed by atoms with van der Waals surface area (Å²) in [6.07, 6.45) is 0. The van der Waals surface area contributed by atoms with Crippen LogP contribution in [0.1, 0.15) is 23.7 Å². The maximum Gasteiger partial charge on any atom is 0.117 e. The molecule has 1 N–H and O–H groups in total. The van der Waals surface area contributed by atoms with Crippen molar-refractivity contribution < 1.29 is 0 Å². The predicted molar refractivity (Wildman–Crippen MR) is 93.1 cm³/mol. The zero-order chi connectivity index (χ0) is 16.1. The van der Waals surface area contributed by atoms with Crippen LogP contribution in [0.5, 0.6) is 0 Å². The molecule has 0 spiro atoms. The standard InChI is InChI=1S/C19H22N4/c1-3-20-13-18-19(16-10-5-4-6-11-16)22-23(21-18)14-17-12-8-7-9-15(17)2/h4-12,20H,3,13-14H2,1-2H3. The molecule has 0 saturated heterocycles. The van der Waals surface area contributed by atoms with Crippen LogP contribution in [0.2, 0.25) is 0 Å². The lowest BCUT2D eigenvalue weighted by Gasteiger charge is -2.04. The molecule has 3 rings (SSSR count). The molecule has 118 valence electrons. The van der Waals surface area contributed by atoms with Gasteiger partial charge in [0, 0.05) is 12.1 Å². The monoisotopic (exact) mass is 306 g/mol. The van der Waals surface area contributed by atoms with Gasteiger partial charge in [-0.3, -0.25) is 0 Å². The summed E-state index contributed by atoms with van der Waals surface area (Å²) in [5.41, 5.74) is 5.57. The van der Waals surface area contributed by atoms with Crippen molar-refractivity contribution in [3.8, 4) is 11.3 Å². The Morgan fingerprint density at radius 1 is 0.957 bits per heavy atom. The fraction of sp³-hybridized carbons (Fsp3) is 0.263. The van der Waals surface area contributed by atoms with Crippen LogP contribution in [0, 0.1) is 6.92 Å². The van der Waals surface area contributed by atoms with Gasteiger partial charge >= 0.3 is 0 Å². The van der Waals surface area contributed by atoms with E-state index in [0.717, 1.165) is 30.0 Å². The van der Waals surface area contributed by atoms with Gasteiger partial charge in [0.05, 0.1) is 6.54 Å². The summed E-state index contributed by atoms with van der Waals surface area (Å²) in [7, 11) is 0. The Labute approximate surface area is 137 Å². The molecule has 1 heterocycles. The fourth-order valence-corrected chi connectivity index (χ4v) is 2.58. The highest BCUT2D eigenvalue weighted by Crippen LogP contribution is 2.20. The maximum absolute atomic E-state index is 4.74. The van der Waals surface area contributed by atoms with E-state index in [2.05, 4.69) is 55.6 Å². The highest BCUT2D eigenvalue weighted by molar-refractivity contribution is 5.60. The van der Waals surface area contributed by atoms with Crippen molar-refractivity contribution in [2.75, 3.05) is 6.54 Å². The molecule has 0 fully saturated rings. The molecule has 0 aliphatic heterocycles. The van der Waals surface area contributed by atoms with Crippen molar-refractivity contribution in [1.82, 2.24) is 20.3 Å². The molecule has 0 amide bonds. The number of rotatable bonds is 6. The van der Waals surface area contributed by atoms with Gasteiger partial charge in [0.2, 0.25) is 0 Å². The largest absolute Gasteiger partial charge is 0.311 e. The van der Waals surface area contributed by atoms with E-state index in [4.69, 9.17) is 10.2 Å². The molecule has 4 nitrogen and oxygen atoms in total. The van der Waals surface area contributed by atoms with Gasteiger partial charge in [-0.25, -0.2) is 0 Å². The Hall–Kier alpha value is -2.46. The number of hydrogen-bond acceptors (Lipinski definition) is 3. The number of aryl methyl sites for hydroxylation is 1. The van der Waals surface area contributed by atoms with E-state index < -0.39 is 0 Å². The van der Waals surface area contributed by atoms with Gasteiger partial charge in [0.1, 0.15) is 11.4 Å². The highest BCUT2D eigenvalue weighted by atomic mass is 15.5. The minimum Gasteiger partial charge on any atom is -0.311 e. The van der Waals surface area contributed by atoms with Crippen molar-refractivity contribution >= 4 is 0 Å². The van der Waals surface area contributed by atoms with Crippen LogP contribution in [0.15, 0.2) is 54.6 Å². The van der Waals surface area contributed by atoms with Crippen LogP contribution in [-0.4, -0.2) is 21.5 Å². The van der Waals surface area contributed by atoms with Crippen LogP contribution in [0.3, 0.4) is 0 Å². The molecule has 1 aromatic heterocycles. The first kappa shape index (κ1) is 15.4. The SMILES string of the molecule is CCNCc1nn(Cc2ccccc2C)nc1-c1ccccc1. The van der Waals surface area contributed by atoms with E-state index in [0.29, 0.717) is 6.54 Å². The summed E-state index contributed by atoms with van der Waals surface area (Å²) >= 11 is 0. The molecule has 0 unspecified atom stereocenters. The zero-order valence-corrected chi connectivity index (χ0v) is 13.7. The summed E-state index contributed by atoms with van der Waals surface area (Å²) in [4.78, 5) is 1.80. The third-order valence-electron chi connectivity index (χ3n) is 3.89. The minimum absolute atomic E-state index is 0.693. The average molecular weight is 306 g/mol. The second kappa shape index (κ2) is 7.20. The van der Waals surface area contributed by atoms with E-state index in [-0.39, 0.29) is 0 Å². The first-order chi connectivity index (χ1) is 11.3. The van der Waals surface area contributed by atoms with Crippen molar-refractivity contribution in [2.24, 2.45) is 0 Å². The quantitative estimate of drug-likeness (QED) is 0.759. The van der Waals surface area contributed by atoms with E-state index in [1.54, 1.807) is 4.80 Å². The van der Waals surface area contributed by atoms with Crippen LogP contribution in [0.25, 0.3) is 11.3 Å². The molecule has 23 heavy (non-hydrogen) atoms. The van der Waals surface area contributed by atoms with Crippen molar-refractivity contribution in [2.45, 2.75) is 26.9 Å². The van der Waals surface area contributed by atoms with Gasteiger partial charge in [-0.2, -0.15) is 15.0 Å². The molecule has 0 aliphatic rings. The Kier molecular flexibility index (Phi) is 4.83. The molecular weight excluding hydrogens is 284 g/mol. The van der Waals surface area contributed by atoms with Crippen LogP contribution < -0.4 is 5.32 Å². The molecule has 4 heteroatoms. The fourth-order valence-electron chi connectivity index (χ4n) is 2.58. The second-order valence-corrected chi connectivity index (χ2v) is 5.60. The van der Waals surface area contributed by atoms with E-state index in [9.17, 15) is 0 Å². The van der Waals surface area contributed by atoms with Gasteiger partial charge in [-0.15, -0.1) is 0 Å². The topological polar surface area (TPSA) is 42.7 Å². The molecule has 0 atom stereocenters. The number of hydrogen-bond donors (Lipinski definition) is 1. The van der Waals surface area contributed by atoms with Crippen LogP contribution in [-0.2, 0) is 13.1 Å². The third-order valence-corrected chi connectivity index (χ3v) is 3.89. The van der Waals surface area contributed by atoms with Crippen molar-refractivity contribution in [3.05, 3.63) is 71.4 Å². The van der Waals surface area contributed by atoms with Gasteiger partial charge in [0.15, 0.2) is 0 Å². The maximum atomic E-state index is 4.74. The molecule has 0 radical (unpaired) electrons. The minimum atomic E-state index is 0.693. The van der Waals surface area contributed by atoms with E-state index >= 15 is 0 Å². The summed E-state index contributed by atoms with van der Waals surface area (Å²) in [6.45, 7) is 6.56. The first-order valence-electron chi connectivity index (χ1n) is 8.02. The second-order valence-electron chi connectivity index (χ2n) is 5.60. The van der Waals surface area contributed by atoms with Gasteiger partial charge in [0.25, 0.3) is 0 Å². The van der Waals surface area contributed by atoms with Crippen LogP contribution >= 0.6 is 0 Å². The Bertz CT molecular complexity index is 762. The van der Waals surface area contributed by atoms with E-state index in [1.165, 1.54) is 11.1 Å². The lowest BCUT2D eigenvalue weighted by Crippen LogP contribution is -2.13. The zero-order valence-electron chi connectivity index (χ0n) is 13.7. The molecule has 3 aromatic rings. The Balaban J connectivity index is 1.93. The van der Waals surface area contributed by atoms with Crippen molar-refractivity contribution in [3.63, 3.8) is 0 Å². The van der Waals surface area contributed by atoms with Gasteiger partial charge in [-0.1, -0.05) is 61.5 Å². The first-order valence-corrected chi connectivity index (χ1v) is 8.02. The third kappa shape index (κ3) is 3.66. The molecular formula is C19H22N4. The molecule has 0 aliphatic carbocycles. The number of nitrogens with one attached hydrogen (secondary N) is 1. The molecule has 0 saturated carbocycles. The number of benzene rings is 2. The van der Waals surface area contributed by atoms with Gasteiger partial charge < -0.3 is 5.32 Å². The summed E-state index contributed by atoms with van der Waals surface area (Å²) in [5.74, 6) is 0. The Morgan fingerprint density at radius 3 is 2.43 bits per heavy atom. The number of nitrogens with zero attached hydrogens (tertiary/aromatic N) is 3. The summed E-state index contributed by atoms with van der Waals surface area (Å²) in [6, 6.07) is 18.6. The highest BCUT2D eigenvalue weighted by Gasteiger charge is 2.13. The normalized spacial score (nSPS) is 10.9. The summed E-state index contributed by atoms with van der Waals surface area (Å²) < 4.78 is 0. The molecule has 0 bridgehead atoms. The smallest absolute Gasteiger partial charge is 0.117 e. The van der Waals surface area contributed by atoms with E-state index in [1.807, 2.05) is 18.2 Å². The average Bonchev–Trinajstić information content (AvgIpc) is 2.99. The Morgan fingerprint density at radius 2 is 1.70 bits per heavy atom. The van der Waals surface area contributed by atoms with Crippen molar-refractivity contribution in [1.29, 1.82) is 0 Å². The lowest BCUT2D eigenvalue weighted by molar-refractivity contribution is 0.577. The predicted octanol–water partition coefficient (Wildman–Crippen LogP) is 3.41. The molecule has 2 aromatic carbocycles. The van der Waals surface area contributed by atoms with Crippen LogP contribution in [0.4, 0.5) is 0 Å². The summed E-state index contributed by atoms with van der Waals surface area (Å²) in [5, 5.41) is 12.8. The lowest BCUT2D eigenvalue weighted by atomic mass is 10.1.